The van der Waals surface area contributed by atoms with Crippen LogP contribution in [0, 0.1) is 23.7 Å². The second-order valence-corrected chi connectivity index (χ2v) is 4.61. The average Bonchev–Trinajstić information content (AvgIpc) is 2.20. The van der Waals surface area contributed by atoms with E-state index in [9.17, 15) is 0 Å². The highest BCUT2D eigenvalue weighted by Crippen LogP contribution is 2.35. The summed E-state index contributed by atoms with van der Waals surface area (Å²) in [5.74, 6) is 4.36. The summed E-state index contributed by atoms with van der Waals surface area (Å²) in [5, 5.41) is 0. The van der Waals surface area contributed by atoms with Crippen LogP contribution < -0.4 is 0 Å². The SMILES string of the molecule is CC[C](CC)C(C)C(CC)C(C)CC. The van der Waals surface area contributed by atoms with Gasteiger partial charge >= 0.3 is 0 Å². The lowest BCUT2D eigenvalue weighted by Crippen LogP contribution is -2.23. The van der Waals surface area contributed by atoms with Crippen molar-refractivity contribution < 1.29 is 0 Å². The van der Waals surface area contributed by atoms with Crippen LogP contribution in [0.1, 0.15) is 67.2 Å². The lowest BCUT2D eigenvalue weighted by atomic mass is 9.73. The molecule has 0 aliphatic heterocycles. The molecule has 0 heterocycles. The van der Waals surface area contributed by atoms with E-state index in [1.165, 1.54) is 25.7 Å². The zero-order chi connectivity index (χ0) is 11.1. The smallest absolute Gasteiger partial charge is 0.0215 e. The van der Waals surface area contributed by atoms with Crippen molar-refractivity contribution in [3.63, 3.8) is 0 Å². The predicted octanol–water partition coefficient (Wildman–Crippen LogP) is 5.09. The van der Waals surface area contributed by atoms with Gasteiger partial charge in [0.2, 0.25) is 0 Å². The van der Waals surface area contributed by atoms with Crippen molar-refractivity contribution in [3.8, 4) is 0 Å². The molecule has 0 aromatic heterocycles. The van der Waals surface area contributed by atoms with Gasteiger partial charge in [0, 0.05) is 0 Å². The van der Waals surface area contributed by atoms with Crippen LogP contribution >= 0.6 is 0 Å². The standard InChI is InChI=1S/C14H29/c1-7-11(5)14(10-4)12(6)13(8-2)9-3/h11-12,14H,7-10H2,1-6H3. The van der Waals surface area contributed by atoms with E-state index in [0.717, 1.165) is 17.8 Å². The maximum absolute atomic E-state index is 2.43. The molecule has 0 aromatic rings. The quantitative estimate of drug-likeness (QED) is 0.533. The number of hydrogen-bond donors (Lipinski definition) is 0. The lowest BCUT2D eigenvalue weighted by molar-refractivity contribution is 0.240. The molecule has 0 spiro atoms. The normalized spacial score (nSPS) is 18.2. The first-order valence-electron chi connectivity index (χ1n) is 6.46. The second-order valence-electron chi connectivity index (χ2n) is 4.61. The molecule has 0 amide bonds. The Bertz CT molecular complexity index is 124. The fourth-order valence-corrected chi connectivity index (χ4v) is 2.75. The van der Waals surface area contributed by atoms with Gasteiger partial charge in [0.25, 0.3) is 0 Å². The van der Waals surface area contributed by atoms with Crippen molar-refractivity contribution in [2.45, 2.75) is 67.2 Å². The van der Waals surface area contributed by atoms with Gasteiger partial charge in [-0.3, -0.25) is 0 Å². The largest absolute Gasteiger partial charge is 0.0651 e. The van der Waals surface area contributed by atoms with Crippen LogP contribution in [0.2, 0.25) is 0 Å². The van der Waals surface area contributed by atoms with Crippen LogP contribution in [0.5, 0.6) is 0 Å². The predicted molar refractivity (Wildman–Crippen MR) is 66.2 cm³/mol. The molecule has 0 rings (SSSR count). The van der Waals surface area contributed by atoms with Crippen molar-refractivity contribution in [2.24, 2.45) is 17.8 Å². The zero-order valence-electron chi connectivity index (χ0n) is 11.1. The summed E-state index contributed by atoms with van der Waals surface area (Å²) in [4.78, 5) is 0. The van der Waals surface area contributed by atoms with Gasteiger partial charge in [-0.05, 0) is 36.5 Å². The Hall–Kier alpha value is 0. The minimum atomic E-state index is 0.824. The topological polar surface area (TPSA) is 0 Å². The van der Waals surface area contributed by atoms with Gasteiger partial charge in [0.05, 0.1) is 0 Å². The highest BCUT2D eigenvalue weighted by Gasteiger charge is 2.25. The molecule has 0 nitrogen and oxygen atoms in total. The summed E-state index contributed by atoms with van der Waals surface area (Å²) in [6, 6.07) is 0. The Morgan fingerprint density at radius 1 is 0.857 bits per heavy atom. The minimum absolute atomic E-state index is 0.824. The molecule has 85 valence electrons. The maximum atomic E-state index is 2.43. The molecule has 0 aromatic carbocycles. The first-order chi connectivity index (χ1) is 6.62. The summed E-state index contributed by atoms with van der Waals surface area (Å²) in [6.45, 7) is 14.1. The fourth-order valence-electron chi connectivity index (χ4n) is 2.75. The highest BCUT2D eigenvalue weighted by molar-refractivity contribution is 4.95. The summed E-state index contributed by atoms with van der Waals surface area (Å²) >= 11 is 0. The van der Waals surface area contributed by atoms with E-state index in [4.69, 9.17) is 0 Å². The number of rotatable bonds is 7. The molecule has 1 radical (unpaired) electrons. The molecule has 0 bridgehead atoms. The van der Waals surface area contributed by atoms with Gasteiger partial charge in [-0.1, -0.05) is 54.4 Å². The maximum Gasteiger partial charge on any atom is -0.0215 e. The summed E-state index contributed by atoms with van der Waals surface area (Å²) in [5.41, 5.74) is 0. The highest BCUT2D eigenvalue weighted by atomic mass is 14.3. The van der Waals surface area contributed by atoms with Crippen molar-refractivity contribution in [1.29, 1.82) is 0 Å². The first-order valence-corrected chi connectivity index (χ1v) is 6.46. The van der Waals surface area contributed by atoms with Gasteiger partial charge in [0.15, 0.2) is 0 Å². The van der Waals surface area contributed by atoms with Crippen LogP contribution in [-0.2, 0) is 0 Å². The van der Waals surface area contributed by atoms with E-state index in [0.29, 0.717) is 0 Å². The molecule has 0 heteroatoms. The van der Waals surface area contributed by atoms with E-state index < -0.39 is 0 Å². The van der Waals surface area contributed by atoms with E-state index in [2.05, 4.69) is 41.5 Å². The first kappa shape index (κ1) is 14.0. The zero-order valence-corrected chi connectivity index (χ0v) is 11.1. The van der Waals surface area contributed by atoms with Gasteiger partial charge in [-0.25, -0.2) is 0 Å². The third-order valence-corrected chi connectivity index (χ3v) is 4.04. The van der Waals surface area contributed by atoms with Gasteiger partial charge in [-0.15, -0.1) is 0 Å². The van der Waals surface area contributed by atoms with Crippen LogP contribution in [-0.4, -0.2) is 0 Å². The molecule has 3 atom stereocenters. The van der Waals surface area contributed by atoms with Crippen molar-refractivity contribution in [1.82, 2.24) is 0 Å². The third-order valence-electron chi connectivity index (χ3n) is 4.04. The lowest BCUT2D eigenvalue weighted by Gasteiger charge is -2.33. The molecule has 0 saturated heterocycles. The molecule has 0 fully saturated rings. The van der Waals surface area contributed by atoms with E-state index >= 15 is 0 Å². The van der Waals surface area contributed by atoms with Crippen LogP contribution in [0.25, 0.3) is 0 Å². The molecule has 3 unspecified atom stereocenters. The van der Waals surface area contributed by atoms with Crippen LogP contribution in [0.4, 0.5) is 0 Å². The van der Waals surface area contributed by atoms with Crippen LogP contribution in [0.3, 0.4) is 0 Å². The van der Waals surface area contributed by atoms with Gasteiger partial charge in [0.1, 0.15) is 0 Å². The number of hydrogen-bond acceptors (Lipinski definition) is 0. The van der Waals surface area contributed by atoms with Gasteiger partial charge in [-0.2, -0.15) is 0 Å². The fraction of sp³-hybridized carbons (Fsp3) is 0.929. The van der Waals surface area contributed by atoms with Gasteiger partial charge < -0.3 is 0 Å². The van der Waals surface area contributed by atoms with Crippen molar-refractivity contribution in [3.05, 3.63) is 5.92 Å². The molecule has 0 aliphatic carbocycles. The Kier molecular flexibility index (Phi) is 7.31. The van der Waals surface area contributed by atoms with Crippen molar-refractivity contribution >= 4 is 0 Å². The Balaban J connectivity index is 4.34. The molecule has 0 N–H and O–H groups in total. The Morgan fingerprint density at radius 3 is 1.64 bits per heavy atom. The molecule has 0 saturated carbocycles. The minimum Gasteiger partial charge on any atom is -0.0651 e. The monoisotopic (exact) mass is 197 g/mol. The average molecular weight is 197 g/mol. The van der Waals surface area contributed by atoms with E-state index in [1.54, 1.807) is 5.92 Å². The van der Waals surface area contributed by atoms with E-state index in [-0.39, 0.29) is 0 Å². The Labute approximate surface area is 91.5 Å². The Morgan fingerprint density at radius 2 is 1.36 bits per heavy atom. The van der Waals surface area contributed by atoms with E-state index in [1.807, 2.05) is 0 Å². The molecular weight excluding hydrogens is 168 g/mol. The summed E-state index contributed by atoms with van der Waals surface area (Å²) < 4.78 is 0. The third kappa shape index (κ3) is 3.63. The summed E-state index contributed by atoms with van der Waals surface area (Å²) in [7, 11) is 0. The molecular formula is C14H29. The second kappa shape index (κ2) is 7.31. The molecule has 0 aliphatic rings. The van der Waals surface area contributed by atoms with Crippen molar-refractivity contribution in [2.75, 3.05) is 0 Å². The molecule has 14 heavy (non-hydrogen) atoms. The van der Waals surface area contributed by atoms with Crippen LogP contribution in [0.15, 0.2) is 0 Å². The summed E-state index contributed by atoms with van der Waals surface area (Å²) in [6.07, 6.45) is 5.19.